The molecule has 5 heteroatoms. The predicted octanol–water partition coefficient (Wildman–Crippen LogP) is 1.73. The molecule has 2 rings (SSSR count). The Balaban J connectivity index is 2.33. The highest BCUT2D eigenvalue weighted by molar-refractivity contribution is 9.10. The van der Waals surface area contributed by atoms with Crippen molar-refractivity contribution in [1.29, 1.82) is 0 Å². The van der Waals surface area contributed by atoms with E-state index in [9.17, 15) is 9.59 Å². The van der Waals surface area contributed by atoms with Gasteiger partial charge in [-0.3, -0.25) is 9.59 Å². The number of methoxy groups -OCH3 is 1. The summed E-state index contributed by atoms with van der Waals surface area (Å²) in [6.45, 7) is 0. The minimum absolute atomic E-state index is 0.304. The van der Waals surface area contributed by atoms with E-state index in [0.29, 0.717) is 6.42 Å². The van der Waals surface area contributed by atoms with Gasteiger partial charge in [0.25, 0.3) is 0 Å². The largest absolute Gasteiger partial charge is 0.468 e. The quantitative estimate of drug-likeness (QED) is 0.631. The van der Waals surface area contributed by atoms with Crippen LogP contribution in [-0.2, 0) is 20.7 Å². The molecule has 0 aromatic heterocycles. The third kappa shape index (κ3) is 1.95. The molecule has 1 amide bonds. The van der Waals surface area contributed by atoms with Crippen LogP contribution in [-0.4, -0.2) is 19.0 Å². The first-order valence-electron chi connectivity index (χ1n) is 4.79. The van der Waals surface area contributed by atoms with Crippen molar-refractivity contribution in [2.75, 3.05) is 12.4 Å². The Hall–Kier alpha value is -1.36. The molecule has 1 aromatic rings. The highest BCUT2D eigenvalue weighted by atomic mass is 79.9. The maximum atomic E-state index is 11.6. The number of anilines is 1. The third-order valence-electron chi connectivity index (χ3n) is 2.55. The van der Waals surface area contributed by atoms with Gasteiger partial charge in [0, 0.05) is 10.2 Å². The lowest BCUT2D eigenvalue weighted by molar-refractivity contribution is -0.148. The van der Waals surface area contributed by atoms with Gasteiger partial charge in [0.2, 0.25) is 5.91 Å². The summed E-state index contributed by atoms with van der Waals surface area (Å²) in [7, 11) is 1.28. The van der Waals surface area contributed by atoms with Gasteiger partial charge in [-0.25, -0.2) is 0 Å². The fraction of sp³-hybridized carbons (Fsp3) is 0.273. The van der Waals surface area contributed by atoms with Crippen molar-refractivity contribution < 1.29 is 14.3 Å². The Labute approximate surface area is 101 Å². The lowest BCUT2D eigenvalue weighted by Gasteiger charge is -2.22. The van der Waals surface area contributed by atoms with Crippen molar-refractivity contribution in [3.63, 3.8) is 0 Å². The Morgan fingerprint density at radius 3 is 3.00 bits per heavy atom. The number of hydrogen-bond donors (Lipinski definition) is 1. The van der Waals surface area contributed by atoms with Gasteiger partial charge < -0.3 is 10.1 Å². The van der Waals surface area contributed by atoms with E-state index in [-0.39, 0.29) is 5.91 Å². The van der Waals surface area contributed by atoms with E-state index >= 15 is 0 Å². The van der Waals surface area contributed by atoms with Crippen LogP contribution in [0.4, 0.5) is 5.69 Å². The molecule has 0 saturated carbocycles. The second-order valence-electron chi connectivity index (χ2n) is 3.57. The molecule has 1 aliphatic rings. The molecule has 1 aromatic carbocycles. The van der Waals surface area contributed by atoms with E-state index in [4.69, 9.17) is 0 Å². The first kappa shape index (κ1) is 11.1. The highest BCUT2D eigenvalue weighted by Gasteiger charge is 2.32. The molecule has 16 heavy (non-hydrogen) atoms. The Kier molecular flexibility index (Phi) is 2.96. The number of fused-ring (bicyclic) bond motifs is 1. The van der Waals surface area contributed by atoms with Crippen LogP contribution in [0.5, 0.6) is 0 Å². The molecular formula is C11H10BrNO3. The maximum Gasteiger partial charge on any atom is 0.318 e. The highest BCUT2D eigenvalue weighted by Crippen LogP contribution is 2.28. The van der Waals surface area contributed by atoms with E-state index in [2.05, 4.69) is 26.0 Å². The summed E-state index contributed by atoms with van der Waals surface area (Å²) < 4.78 is 5.52. The molecule has 1 atom stereocenters. The number of hydrogen-bond acceptors (Lipinski definition) is 3. The van der Waals surface area contributed by atoms with Crippen LogP contribution in [0.25, 0.3) is 0 Å². The zero-order valence-electron chi connectivity index (χ0n) is 8.62. The summed E-state index contributed by atoms with van der Waals surface area (Å²) in [6.07, 6.45) is 0.382. The first-order valence-corrected chi connectivity index (χ1v) is 5.58. The summed E-state index contributed by atoms with van der Waals surface area (Å²) >= 11 is 3.35. The van der Waals surface area contributed by atoms with E-state index in [1.54, 1.807) is 0 Å². The van der Waals surface area contributed by atoms with Crippen molar-refractivity contribution >= 4 is 33.5 Å². The van der Waals surface area contributed by atoms with E-state index in [0.717, 1.165) is 15.7 Å². The molecule has 0 fully saturated rings. The molecule has 1 unspecified atom stereocenters. The standard InChI is InChI=1S/C11H10BrNO3/c1-16-11(15)8-5-6-4-7(12)2-3-9(6)13-10(8)14/h2-4,8H,5H2,1H3,(H,13,14). The Morgan fingerprint density at radius 2 is 2.31 bits per heavy atom. The molecule has 0 aliphatic carbocycles. The first-order chi connectivity index (χ1) is 7.61. The molecule has 1 N–H and O–H groups in total. The molecule has 4 nitrogen and oxygen atoms in total. The average Bonchev–Trinajstić information content (AvgIpc) is 2.28. The van der Waals surface area contributed by atoms with E-state index in [1.165, 1.54) is 7.11 Å². The van der Waals surface area contributed by atoms with E-state index in [1.807, 2.05) is 18.2 Å². The normalized spacial score (nSPS) is 18.6. The molecule has 84 valence electrons. The molecule has 0 bridgehead atoms. The summed E-state index contributed by atoms with van der Waals surface area (Å²) in [5, 5.41) is 2.69. The smallest absolute Gasteiger partial charge is 0.318 e. The number of amides is 1. The number of ether oxygens (including phenoxy) is 1. The lowest BCUT2D eigenvalue weighted by Crippen LogP contribution is -2.36. The van der Waals surface area contributed by atoms with Crippen molar-refractivity contribution in [1.82, 2.24) is 0 Å². The fourth-order valence-corrected chi connectivity index (χ4v) is 2.13. The van der Waals surface area contributed by atoms with Crippen LogP contribution >= 0.6 is 15.9 Å². The van der Waals surface area contributed by atoms with Gasteiger partial charge in [-0.15, -0.1) is 0 Å². The van der Waals surface area contributed by atoms with Gasteiger partial charge in [0.05, 0.1) is 7.11 Å². The lowest BCUT2D eigenvalue weighted by atomic mass is 9.93. The predicted molar refractivity (Wildman–Crippen MR) is 62.0 cm³/mol. The maximum absolute atomic E-state index is 11.6. The van der Waals surface area contributed by atoms with Crippen molar-refractivity contribution in [2.24, 2.45) is 5.92 Å². The molecule has 0 radical (unpaired) electrons. The van der Waals surface area contributed by atoms with Crippen LogP contribution in [0.15, 0.2) is 22.7 Å². The molecular weight excluding hydrogens is 274 g/mol. The number of nitrogens with one attached hydrogen (secondary N) is 1. The number of carbonyl (C=O) groups excluding carboxylic acids is 2. The average molecular weight is 284 g/mol. The molecule has 0 saturated heterocycles. The fourth-order valence-electron chi connectivity index (χ4n) is 1.72. The van der Waals surface area contributed by atoms with Gasteiger partial charge >= 0.3 is 5.97 Å². The molecule has 1 heterocycles. The summed E-state index contributed by atoms with van der Waals surface area (Å²) in [6, 6.07) is 5.55. The molecule has 0 spiro atoms. The summed E-state index contributed by atoms with van der Waals surface area (Å²) in [5.41, 5.74) is 1.69. The number of carbonyl (C=O) groups is 2. The SMILES string of the molecule is COC(=O)C1Cc2cc(Br)ccc2NC1=O. The minimum Gasteiger partial charge on any atom is -0.468 e. The van der Waals surface area contributed by atoms with Gasteiger partial charge in [0.1, 0.15) is 5.92 Å². The van der Waals surface area contributed by atoms with Crippen molar-refractivity contribution in [3.05, 3.63) is 28.2 Å². The van der Waals surface area contributed by atoms with Crippen LogP contribution in [0.1, 0.15) is 5.56 Å². The number of rotatable bonds is 1. The van der Waals surface area contributed by atoms with Crippen molar-refractivity contribution in [2.45, 2.75) is 6.42 Å². The second kappa shape index (κ2) is 4.25. The van der Waals surface area contributed by atoms with Gasteiger partial charge in [-0.2, -0.15) is 0 Å². The number of halogens is 1. The van der Waals surface area contributed by atoms with Crippen LogP contribution in [0.3, 0.4) is 0 Å². The van der Waals surface area contributed by atoms with Crippen molar-refractivity contribution in [3.8, 4) is 0 Å². The monoisotopic (exact) mass is 283 g/mol. The number of esters is 1. The minimum atomic E-state index is -0.744. The summed E-state index contributed by atoms with van der Waals surface area (Å²) in [5.74, 6) is -1.54. The van der Waals surface area contributed by atoms with Gasteiger partial charge in [-0.1, -0.05) is 15.9 Å². The van der Waals surface area contributed by atoms with Crippen LogP contribution in [0.2, 0.25) is 0 Å². The van der Waals surface area contributed by atoms with Crippen LogP contribution in [0, 0.1) is 5.92 Å². The second-order valence-corrected chi connectivity index (χ2v) is 4.49. The van der Waals surface area contributed by atoms with Gasteiger partial charge in [0.15, 0.2) is 0 Å². The summed E-state index contributed by atoms with van der Waals surface area (Å²) in [4.78, 5) is 23.0. The van der Waals surface area contributed by atoms with E-state index < -0.39 is 11.9 Å². The van der Waals surface area contributed by atoms with Crippen LogP contribution < -0.4 is 5.32 Å². The number of benzene rings is 1. The Morgan fingerprint density at radius 1 is 1.56 bits per heavy atom. The molecule has 1 aliphatic heterocycles. The third-order valence-corrected chi connectivity index (χ3v) is 3.04. The zero-order valence-corrected chi connectivity index (χ0v) is 10.2. The zero-order chi connectivity index (χ0) is 11.7. The topological polar surface area (TPSA) is 55.4 Å². The Bertz CT molecular complexity index is 459. The van der Waals surface area contributed by atoms with Gasteiger partial charge in [-0.05, 0) is 30.2 Å².